The van der Waals surface area contributed by atoms with Gasteiger partial charge in [0.2, 0.25) is 21.7 Å². The Balaban J connectivity index is 4.36. The first-order valence-corrected chi connectivity index (χ1v) is 14.6. The molecule has 0 bridgehead atoms. The molecule has 39 heavy (non-hydrogen) atoms. The summed E-state index contributed by atoms with van der Waals surface area (Å²) in [5, 5.41) is 9.32. The molecule has 1 rings (SSSR count). The number of nitrogens with zero attached hydrogens (tertiary/aromatic N) is 1. The molecule has 11 heteroatoms. The first-order valence-electron chi connectivity index (χ1n) is 13.0. The Labute approximate surface area is 231 Å². The third-order valence-electron chi connectivity index (χ3n) is 6.33. The molecule has 218 valence electrons. The van der Waals surface area contributed by atoms with Crippen molar-refractivity contribution in [3.8, 4) is 0 Å². The fourth-order valence-corrected chi connectivity index (χ4v) is 5.83. The smallest absolute Gasteiger partial charge is 0.313 e. The van der Waals surface area contributed by atoms with Gasteiger partial charge in [-0.05, 0) is 42.6 Å². The highest BCUT2D eigenvalue weighted by Crippen LogP contribution is 2.42. The largest absolute Gasteiger partial charge is 0.481 e. The van der Waals surface area contributed by atoms with Gasteiger partial charge in [0.25, 0.3) is 5.12 Å². The number of hydrogen-bond donors (Lipinski definition) is 3. The third kappa shape index (κ3) is 8.06. The van der Waals surface area contributed by atoms with Crippen LogP contribution >= 0.6 is 0 Å². The summed E-state index contributed by atoms with van der Waals surface area (Å²) in [6.07, 6.45) is -0.304. The average Bonchev–Trinajstić information content (AvgIpc) is 2.82. The summed E-state index contributed by atoms with van der Waals surface area (Å²) in [5.74, 6) is -6.45. The number of imide groups is 1. The molecule has 4 atom stereocenters. The van der Waals surface area contributed by atoms with E-state index in [4.69, 9.17) is 11.5 Å². The lowest BCUT2D eigenvalue weighted by Crippen LogP contribution is -2.69. The number of carbonyl (C=O) groups is 4. The van der Waals surface area contributed by atoms with Gasteiger partial charge in [-0.15, -0.1) is 0 Å². The molecule has 0 aliphatic carbocycles. The molecular formula is C28H43N3O7S. The standard InChI is InChI=1S/C28H43N3O7S/c1-8-39(37,38)27(36)28(16-19(6)7,23(26(34)35)20-12-10-9-11-13-20)31(24(32)21(29)14-17(2)3)25(33)22(30)15-18(4)5/h8-13,17-19,21-23H,1,14-16,29-30H2,2-7H3,(H,34,35). The molecule has 0 heterocycles. The number of aliphatic carboxylic acids is 1. The molecule has 4 unspecified atom stereocenters. The number of carboxylic acid groups (broad SMARTS) is 1. The van der Waals surface area contributed by atoms with Crippen molar-refractivity contribution >= 4 is 32.7 Å². The molecule has 0 aliphatic rings. The van der Waals surface area contributed by atoms with E-state index in [0.29, 0.717) is 10.3 Å². The van der Waals surface area contributed by atoms with E-state index in [1.807, 2.05) is 0 Å². The lowest BCUT2D eigenvalue weighted by molar-refractivity contribution is -0.164. The second-order valence-corrected chi connectivity index (χ2v) is 13.0. The van der Waals surface area contributed by atoms with Crippen molar-refractivity contribution in [2.45, 2.75) is 84.3 Å². The van der Waals surface area contributed by atoms with E-state index < -0.39 is 68.6 Å². The van der Waals surface area contributed by atoms with Gasteiger partial charge in [-0.2, -0.15) is 0 Å². The zero-order chi connectivity index (χ0) is 30.3. The summed E-state index contributed by atoms with van der Waals surface area (Å²) in [4.78, 5) is 55.8. The Morgan fingerprint density at radius 1 is 0.897 bits per heavy atom. The van der Waals surface area contributed by atoms with Crippen LogP contribution in [0, 0.1) is 17.8 Å². The van der Waals surface area contributed by atoms with Gasteiger partial charge in [-0.1, -0.05) is 78.5 Å². The van der Waals surface area contributed by atoms with Crippen molar-refractivity contribution in [3.05, 3.63) is 47.9 Å². The summed E-state index contributed by atoms with van der Waals surface area (Å²) in [6.45, 7) is 13.7. The van der Waals surface area contributed by atoms with Gasteiger partial charge >= 0.3 is 5.97 Å². The molecule has 0 saturated carbocycles. The molecule has 0 fully saturated rings. The Morgan fingerprint density at radius 2 is 1.33 bits per heavy atom. The van der Waals surface area contributed by atoms with Gasteiger partial charge in [-0.3, -0.25) is 24.1 Å². The maximum absolute atomic E-state index is 14.2. The Hall–Kier alpha value is -2.89. The van der Waals surface area contributed by atoms with Gasteiger partial charge in [0.15, 0.2) is 0 Å². The van der Waals surface area contributed by atoms with Crippen LogP contribution in [0.15, 0.2) is 42.3 Å². The van der Waals surface area contributed by atoms with Gasteiger partial charge in [0, 0.05) is 5.41 Å². The number of carboxylic acids is 1. The third-order valence-corrected chi connectivity index (χ3v) is 7.64. The van der Waals surface area contributed by atoms with E-state index in [9.17, 15) is 32.7 Å². The molecule has 0 spiro atoms. The number of hydrogen-bond acceptors (Lipinski definition) is 8. The minimum atomic E-state index is -4.86. The maximum Gasteiger partial charge on any atom is 0.313 e. The molecular weight excluding hydrogens is 522 g/mol. The van der Waals surface area contributed by atoms with E-state index in [-0.39, 0.29) is 30.2 Å². The molecule has 1 aromatic rings. The fraction of sp³-hybridized carbons (Fsp3) is 0.571. The Bertz CT molecular complexity index is 1120. The van der Waals surface area contributed by atoms with Crippen molar-refractivity contribution in [2.75, 3.05) is 0 Å². The molecule has 0 saturated heterocycles. The lowest BCUT2D eigenvalue weighted by atomic mass is 9.72. The van der Waals surface area contributed by atoms with Crippen molar-refractivity contribution in [2.24, 2.45) is 29.2 Å². The van der Waals surface area contributed by atoms with Crippen LogP contribution in [-0.2, 0) is 29.0 Å². The molecule has 1 aromatic carbocycles. The first-order chi connectivity index (χ1) is 17.9. The summed E-state index contributed by atoms with van der Waals surface area (Å²) < 4.78 is 26.3. The molecule has 0 aromatic heterocycles. The van der Waals surface area contributed by atoms with Gasteiger partial charge in [-0.25, -0.2) is 8.42 Å². The minimum absolute atomic E-state index is 0.0266. The van der Waals surface area contributed by atoms with Crippen molar-refractivity contribution in [1.29, 1.82) is 0 Å². The van der Waals surface area contributed by atoms with Crippen LogP contribution in [0.3, 0.4) is 0 Å². The minimum Gasteiger partial charge on any atom is -0.481 e. The van der Waals surface area contributed by atoms with Crippen LogP contribution in [0.5, 0.6) is 0 Å². The van der Waals surface area contributed by atoms with Crippen LogP contribution in [0.4, 0.5) is 0 Å². The quantitative estimate of drug-likeness (QED) is 0.306. The number of sulfone groups is 1. The van der Waals surface area contributed by atoms with Crippen LogP contribution in [0.2, 0.25) is 0 Å². The fourth-order valence-electron chi connectivity index (χ4n) is 4.89. The van der Waals surface area contributed by atoms with Crippen molar-refractivity contribution in [1.82, 2.24) is 4.90 Å². The summed E-state index contributed by atoms with van der Waals surface area (Å²) in [5.41, 5.74) is 9.77. The average molecular weight is 566 g/mol. The van der Waals surface area contributed by atoms with Crippen molar-refractivity contribution in [3.63, 3.8) is 0 Å². The Kier molecular flexibility index (Phi) is 12.2. The molecule has 0 radical (unpaired) electrons. The second-order valence-electron chi connectivity index (χ2n) is 11.2. The van der Waals surface area contributed by atoms with E-state index in [0.717, 1.165) is 0 Å². The zero-order valence-corrected chi connectivity index (χ0v) is 24.5. The number of benzene rings is 1. The first kappa shape index (κ1) is 34.1. The SMILES string of the molecule is C=CS(=O)(=O)C(=O)C(CC(C)C)(C(C(=O)O)c1ccccc1)N(C(=O)C(N)CC(C)C)C(=O)C(N)CC(C)C. The predicted octanol–water partition coefficient (Wildman–Crippen LogP) is 2.83. The van der Waals surface area contributed by atoms with Crippen molar-refractivity contribution < 1.29 is 32.7 Å². The number of amides is 2. The van der Waals surface area contributed by atoms with Crippen LogP contribution in [-0.4, -0.2) is 58.9 Å². The van der Waals surface area contributed by atoms with E-state index in [1.165, 1.54) is 24.3 Å². The molecule has 2 amide bonds. The topological polar surface area (TPSA) is 178 Å². The second kappa shape index (κ2) is 14.0. The molecule has 0 aliphatic heterocycles. The summed E-state index contributed by atoms with van der Waals surface area (Å²) in [7, 11) is -4.86. The summed E-state index contributed by atoms with van der Waals surface area (Å²) >= 11 is 0. The van der Waals surface area contributed by atoms with Gasteiger partial charge < -0.3 is 16.6 Å². The normalized spacial score (nSPS) is 15.9. The van der Waals surface area contributed by atoms with Crippen LogP contribution < -0.4 is 11.5 Å². The highest BCUT2D eigenvalue weighted by molar-refractivity contribution is 8.08. The van der Waals surface area contributed by atoms with E-state index >= 15 is 0 Å². The monoisotopic (exact) mass is 565 g/mol. The predicted molar refractivity (Wildman–Crippen MR) is 150 cm³/mol. The number of carbonyl (C=O) groups excluding carboxylic acids is 3. The molecule has 5 N–H and O–H groups in total. The maximum atomic E-state index is 14.2. The highest BCUT2D eigenvalue weighted by Gasteiger charge is 2.61. The van der Waals surface area contributed by atoms with E-state index in [2.05, 4.69) is 6.58 Å². The van der Waals surface area contributed by atoms with Gasteiger partial charge in [0.1, 0.15) is 11.5 Å². The molecule has 10 nitrogen and oxygen atoms in total. The number of nitrogens with two attached hydrogens (primary N) is 2. The zero-order valence-electron chi connectivity index (χ0n) is 23.7. The number of rotatable bonds is 14. The lowest BCUT2D eigenvalue weighted by Gasteiger charge is -2.47. The summed E-state index contributed by atoms with van der Waals surface area (Å²) in [6, 6.07) is 4.77. The highest BCUT2D eigenvalue weighted by atomic mass is 32.2. The van der Waals surface area contributed by atoms with Crippen LogP contribution in [0.25, 0.3) is 0 Å². The van der Waals surface area contributed by atoms with Crippen LogP contribution in [0.1, 0.15) is 72.3 Å². The van der Waals surface area contributed by atoms with Gasteiger partial charge in [0.05, 0.1) is 12.1 Å². The van der Waals surface area contributed by atoms with E-state index in [1.54, 1.807) is 47.6 Å². The Morgan fingerprint density at radius 3 is 1.67 bits per heavy atom.